The summed E-state index contributed by atoms with van der Waals surface area (Å²) in [6.07, 6.45) is 4.71. The minimum atomic E-state index is -0.153. The molecule has 0 aliphatic rings. The zero-order chi connectivity index (χ0) is 18.2. The van der Waals surface area contributed by atoms with Gasteiger partial charge in [-0.05, 0) is 36.5 Å². The zero-order valence-corrected chi connectivity index (χ0v) is 15.9. The number of carbonyl (C=O) groups is 1. The molecule has 0 radical (unpaired) electrons. The van der Waals surface area contributed by atoms with Gasteiger partial charge in [-0.1, -0.05) is 43.1 Å². The van der Waals surface area contributed by atoms with E-state index in [0.29, 0.717) is 40.6 Å². The van der Waals surface area contributed by atoms with Crippen molar-refractivity contribution in [1.82, 2.24) is 15.3 Å². The Morgan fingerprint density at radius 1 is 1.16 bits per heavy atom. The number of hydrogen-bond acceptors (Lipinski definition) is 4. The molecule has 2 N–H and O–H groups in total. The number of nitrogens with one attached hydrogen (secondary N) is 2. The van der Waals surface area contributed by atoms with Crippen LogP contribution < -0.4 is 10.6 Å². The maximum atomic E-state index is 12.0. The number of benzene rings is 1. The van der Waals surface area contributed by atoms with Crippen molar-refractivity contribution in [3.05, 3.63) is 51.8 Å². The SMILES string of the molecule is CC(C)CCNC(=O)c1cnc(NCCc2ccc(Cl)cc2Cl)nc1. The van der Waals surface area contributed by atoms with Gasteiger partial charge in [0, 0.05) is 35.5 Å². The van der Waals surface area contributed by atoms with Crippen LogP contribution in [-0.2, 0) is 6.42 Å². The molecule has 0 saturated heterocycles. The molecule has 25 heavy (non-hydrogen) atoms. The Labute approximate surface area is 158 Å². The lowest BCUT2D eigenvalue weighted by atomic mass is 10.1. The van der Waals surface area contributed by atoms with E-state index in [4.69, 9.17) is 23.2 Å². The number of anilines is 1. The van der Waals surface area contributed by atoms with E-state index in [9.17, 15) is 4.79 Å². The van der Waals surface area contributed by atoms with E-state index in [1.807, 2.05) is 12.1 Å². The first-order valence-electron chi connectivity index (χ1n) is 8.23. The summed E-state index contributed by atoms with van der Waals surface area (Å²) in [4.78, 5) is 20.3. The van der Waals surface area contributed by atoms with E-state index in [1.165, 1.54) is 12.4 Å². The molecular weight excluding hydrogens is 359 g/mol. The van der Waals surface area contributed by atoms with Crippen molar-refractivity contribution in [2.45, 2.75) is 26.7 Å². The highest BCUT2D eigenvalue weighted by atomic mass is 35.5. The van der Waals surface area contributed by atoms with Crippen LogP contribution in [0.3, 0.4) is 0 Å². The number of carbonyl (C=O) groups excluding carboxylic acids is 1. The predicted octanol–water partition coefficient (Wildman–Crippen LogP) is 4.21. The van der Waals surface area contributed by atoms with Crippen LogP contribution in [0.1, 0.15) is 36.2 Å². The summed E-state index contributed by atoms with van der Waals surface area (Å²) in [5, 5.41) is 7.23. The molecule has 2 rings (SSSR count). The summed E-state index contributed by atoms with van der Waals surface area (Å²) < 4.78 is 0. The van der Waals surface area contributed by atoms with Crippen molar-refractivity contribution in [2.24, 2.45) is 5.92 Å². The Balaban J connectivity index is 1.80. The first-order valence-corrected chi connectivity index (χ1v) is 8.99. The fraction of sp³-hybridized carbons (Fsp3) is 0.389. The third-order valence-corrected chi connectivity index (χ3v) is 4.20. The van der Waals surface area contributed by atoms with E-state index in [-0.39, 0.29) is 5.91 Å². The van der Waals surface area contributed by atoms with Crippen molar-refractivity contribution in [3.63, 3.8) is 0 Å². The maximum absolute atomic E-state index is 12.0. The number of rotatable bonds is 8. The molecule has 0 fully saturated rings. The van der Waals surface area contributed by atoms with E-state index in [0.717, 1.165) is 18.4 Å². The topological polar surface area (TPSA) is 66.9 Å². The molecule has 0 unspecified atom stereocenters. The normalized spacial score (nSPS) is 10.8. The van der Waals surface area contributed by atoms with Gasteiger partial charge in [-0.2, -0.15) is 0 Å². The van der Waals surface area contributed by atoms with Crippen molar-refractivity contribution < 1.29 is 4.79 Å². The quantitative estimate of drug-likeness (QED) is 0.719. The Kier molecular flexibility index (Phi) is 7.47. The molecule has 134 valence electrons. The van der Waals surface area contributed by atoms with Crippen molar-refractivity contribution in [3.8, 4) is 0 Å². The Morgan fingerprint density at radius 2 is 1.88 bits per heavy atom. The van der Waals surface area contributed by atoms with E-state index in [1.54, 1.807) is 6.07 Å². The van der Waals surface area contributed by atoms with Gasteiger partial charge >= 0.3 is 0 Å². The highest BCUT2D eigenvalue weighted by Gasteiger charge is 2.07. The van der Waals surface area contributed by atoms with Crippen molar-refractivity contribution >= 4 is 35.1 Å². The summed E-state index contributed by atoms with van der Waals surface area (Å²) in [5.74, 6) is 0.876. The third kappa shape index (κ3) is 6.52. The third-order valence-electron chi connectivity index (χ3n) is 3.61. The van der Waals surface area contributed by atoms with Crippen LogP contribution in [0.15, 0.2) is 30.6 Å². The Morgan fingerprint density at radius 3 is 2.52 bits per heavy atom. The average molecular weight is 381 g/mol. The zero-order valence-electron chi connectivity index (χ0n) is 14.4. The van der Waals surface area contributed by atoms with E-state index < -0.39 is 0 Å². The van der Waals surface area contributed by atoms with Gasteiger partial charge in [-0.3, -0.25) is 4.79 Å². The molecule has 1 aromatic heterocycles. The summed E-state index contributed by atoms with van der Waals surface area (Å²) in [6, 6.07) is 5.44. The molecule has 0 atom stereocenters. The molecule has 0 aliphatic heterocycles. The molecule has 5 nitrogen and oxygen atoms in total. The lowest BCUT2D eigenvalue weighted by Crippen LogP contribution is -2.25. The average Bonchev–Trinajstić information content (AvgIpc) is 2.57. The lowest BCUT2D eigenvalue weighted by Gasteiger charge is -2.08. The van der Waals surface area contributed by atoms with Gasteiger partial charge < -0.3 is 10.6 Å². The highest BCUT2D eigenvalue weighted by Crippen LogP contribution is 2.21. The highest BCUT2D eigenvalue weighted by molar-refractivity contribution is 6.35. The second kappa shape index (κ2) is 9.59. The fourth-order valence-electron chi connectivity index (χ4n) is 2.15. The molecule has 1 amide bonds. The van der Waals surface area contributed by atoms with Crippen LogP contribution in [0.5, 0.6) is 0 Å². The van der Waals surface area contributed by atoms with Gasteiger partial charge in [0.15, 0.2) is 0 Å². The van der Waals surface area contributed by atoms with Crippen LogP contribution >= 0.6 is 23.2 Å². The number of amides is 1. The maximum Gasteiger partial charge on any atom is 0.254 e. The fourth-order valence-corrected chi connectivity index (χ4v) is 2.65. The molecule has 0 aliphatic carbocycles. The van der Waals surface area contributed by atoms with Crippen molar-refractivity contribution in [1.29, 1.82) is 0 Å². The standard InChI is InChI=1S/C18H22Cl2N4O/c1-12(2)5-7-21-17(25)14-10-23-18(24-11-14)22-8-6-13-3-4-15(19)9-16(13)20/h3-4,9-12H,5-8H2,1-2H3,(H,21,25)(H,22,23,24). The van der Waals surface area contributed by atoms with Crippen LogP contribution in [-0.4, -0.2) is 29.0 Å². The van der Waals surface area contributed by atoms with E-state index in [2.05, 4.69) is 34.4 Å². The first kappa shape index (κ1) is 19.5. The van der Waals surface area contributed by atoms with Gasteiger partial charge in [0.05, 0.1) is 5.56 Å². The molecule has 1 heterocycles. The predicted molar refractivity (Wildman–Crippen MR) is 102 cm³/mol. The lowest BCUT2D eigenvalue weighted by molar-refractivity contribution is 0.0951. The summed E-state index contributed by atoms with van der Waals surface area (Å²) >= 11 is 12.0. The number of aromatic nitrogens is 2. The van der Waals surface area contributed by atoms with Crippen molar-refractivity contribution in [2.75, 3.05) is 18.4 Å². The molecule has 7 heteroatoms. The van der Waals surface area contributed by atoms with Gasteiger partial charge in [0.25, 0.3) is 5.91 Å². The molecule has 0 bridgehead atoms. The van der Waals surface area contributed by atoms with Crippen LogP contribution in [0.2, 0.25) is 10.0 Å². The first-order chi connectivity index (χ1) is 12.0. The molecular formula is C18H22Cl2N4O. The molecule has 2 aromatic rings. The molecule has 1 aromatic carbocycles. The molecule has 0 spiro atoms. The monoisotopic (exact) mass is 380 g/mol. The Hall–Kier alpha value is -1.85. The number of halogens is 2. The van der Waals surface area contributed by atoms with Crippen LogP contribution in [0.25, 0.3) is 0 Å². The summed E-state index contributed by atoms with van der Waals surface area (Å²) in [5.41, 5.74) is 1.45. The smallest absolute Gasteiger partial charge is 0.254 e. The minimum Gasteiger partial charge on any atom is -0.354 e. The minimum absolute atomic E-state index is 0.153. The van der Waals surface area contributed by atoms with Gasteiger partial charge in [-0.25, -0.2) is 9.97 Å². The Bertz CT molecular complexity index is 705. The van der Waals surface area contributed by atoms with Gasteiger partial charge in [-0.15, -0.1) is 0 Å². The largest absolute Gasteiger partial charge is 0.354 e. The molecule has 0 saturated carbocycles. The second-order valence-electron chi connectivity index (χ2n) is 6.15. The summed E-state index contributed by atoms with van der Waals surface area (Å²) in [7, 11) is 0. The number of hydrogen-bond donors (Lipinski definition) is 2. The van der Waals surface area contributed by atoms with Crippen LogP contribution in [0.4, 0.5) is 5.95 Å². The summed E-state index contributed by atoms with van der Waals surface area (Å²) in [6.45, 7) is 5.51. The van der Waals surface area contributed by atoms with Crippen LogP contribution in [0, 0.1) is 5.92 Å². The van der Waals surface area contributed by atoms with Gasteiger partial charge in [0.1, 0.15) is 0 Å². The number of nitrogens with zero attached hydrogens (tertiary/aromatic N) is 2. The second-order valence-corrected chi connectivity index (χ2v) is 6.99. The van der Waals surface area contributed by atoms with E-state index >= 15 is 0 Å². The van der Waals surface area contributed by atoms with Gasteiger partial charge in [0.2, 0.25) is 5.95 Å².